The van der Waals surface area contributed by atoms with Crippen molar-refractivity contribution in [2.45, 2.75) is 37.6 Å². The van der Waals surface area contributed by atoms with E-state index in [1.54, 1.807) is 25.1 Å². The van der Waals surface area contributed by atoms with Gasteiger partial charge in [-0.05, 0) is 68.8 Å². The van der Waals surface area contributed by atoms with E-state index in [1.807, 2.05) is 12.1 Å². The quantitative estimate of drug-likeness (QED) is 0.434. The first kappa shape index (κ1) is 24.7. The van der Waals surface area contributed by atoms with Gasteiger partial charge in [0, 0.05) is 23.9 Å². The van der Waals surface area contributed by atoms with Crippen LogP contribution < -0.4 is 9.46 Å². The van der Waals surface area contributed by atoms with Crippen molar-refractivity contribution in [3.05, 3.63) is 59.8 Å². The third-order valence-corrected chi connectivity index (χ3v) is 7.20. The molecule has 0 amide bonds. The minimum atomic E-state index is -3.98. The van der Waals surface area contributed by atoms with Crippen LogP contribution in [-0.4, -0.2) is 51.2 Å². The van der Waals surface area contributed by atoms with Crippen molar-refractivity contribution >= 4 is 21.7 Å². The Morgan fingerprint density at radius 2 is 1.83 bits per heavy atom. The highest BCUT2D eigenvalue weighted by Crippen LogP contribution is 2.32. The zero-order valence-corrected chi connectivity index (χ0v) is 20.6. The van der Waals surface area contributed by atoms with Gasteiger partial charge in [0.1, 0.15) is 10.6 Å². The highest BCUT2D eigenvalue weighted by atomic mass is 32.2. The summed E-state index contributed by atoms with van der Waals surface area (Å²) in [5, 5.41) is 3.71. The number of sulfonamides is 1. The van der Waals surface area contributed by atoms with Gasteiger partial charge in [-0.25, -0.2) is 13.2 Å². The van der Waals surface area contributed by atoms with Gasteiger partial charge < -0.3 is 14.0 Å². The van der Waals surface area contributed by atoms with E-state index in [9.17, 15) is 13.2 Å². The lowest BCUT2D eigenvalue weighted by Crippen LogP contribution is -2.29. The smallest absolute Gasteiger partial charge is 0.360 e. The lowest BCUT2D eigenvalue weighted by molar-refractivity contribution is 0.0514. The van der Waals surface area contributed by atoms with Gasteiger partial charge >= 0.3 is 5.97 Å². The van der Waals surface area contributed by atoms with Gasteiger partial charge in [-0.2, -0.15) is 0 Å². The van der Waals surface area contributed by atoms with E-state index < -0.39 is 16.0 Å². The lowest BCUT2D eigenvalue weighted by Gasteiger charge is -2.26. The molecule has 9 nitrogen and oxygen atoms in total. The summed E-state index contributed by atoms with van der Waals surface area (Å²) in [5.41, 5.74) is 2.01. The van der Waals surface area contributed by atoms with Crippen molar-refractivity contribution in [1.29, 1.82) is 0 Å². The molecule has 1 aliphatic rings. The highest BCUT2D eigenvalue weighted by molar-refractivity contribution is 7.92. The number of anilines is 1. The largest absolute Gasteiger partial charge is 0.495 e. The second-order valence-electron chi connectivity index (χ2n) is 8.30. The Morgan fingerprint density at radius 1 is 1.09 bits per heavy atom. The molecule has 0 radical (unpaired) electrons. The monoisotopic (exact) mass is 499 g/mol. The Labute approximate surface area is 205 Å². The summed E-state index contributed by atoms with van der Waals surface area (Å²) < 4.78 is 44.6. The first-order chi connectivity index (χ1) is 16.9. The molecule has 4 rings (SSSR count). The number of hydrogen-bond acceptors (Lipinski definition) is 8. The maximum absolute atomic E-state index is 13.2. The number of hydrogen-bond donors (Lipinski definition) is 1. The van der Waals surface area contributed by atoms with Crippen molar-refractivity contribution in [2.24, 2.45) is 0 Å². The molecule has 1 aliphatic heterocycles. The second-order valence-corrected chi connectivity index (χ2v) is 9.95. The van der Waals surface area contributed by atoms with Gasteiger partial charge in [0.2, 0.25) is 0 Å². The zero-order chi connectivity index (χ0) is 24.8. The van der Waals surface area contributed by atoms with Gasteiger partial charge in [-0.1, -0.05) is 23.7 Å². The van der Waals surface area contributed by atoms with Crippen LogP contribution in [0.25, 0.3) is 11.3 Å². The molecule has 3 aromatic rings. The number of carbonyl (C=O) groups is 1. The van der Waals surface area contributed by atoms with Crippen LogP contribution in [0.1, 0.15) is 42.2 Å². The SMILES string of the molecule is CCOC(=O)c1cc(-c2ccc(OC)c(S(=O)(=O)Nc3ccc(CN4CCCCC4)cc3)c2)on1. The molecule has 1 N–H and O–H groups in total. The van der Waals surface area contributed by atoms with Crippen molar-refractivity contribution in [1.82, 2.24) is 10.1 Å². The molecule has 10 heteroatoms. The Morgan fingerprint density at radius 3 is 2.51 bits per heavy atom. The summed E-state index contributed by atoms with van der Waals surface area (Å²) in [6, 6.07) is 13.4. The molecule has 0 spiro atoms. The van der Waals surface area contributed by atoms with Gasteiger partial charge in [0.25, 0.3) is 10.0 Å². The van der Waals surface area contributed by atoms with Gasteiger partial charge in [-0.3, -0.25) is 9.62 Å². The first-order valence-corrected chi connectivity index (χ1v) is 13.0. The maximum Gasteiger partial charge on any atom is 0.360 e. The minimum absolute atomic E-state index is 0.00448. The molecule has 0 saturated carbocycles. The van der Waals surface area contributed by atoms with E-state index in [0.29, 0.717) is 11.3 Å². The molecule has 1 fully saturated rings. The molecular weight excluding hydrogens is 470 g/mol. The average Bonchev–Trinajstić information content (AvgIpc) is 3.36. The molecule has 35 heavy (non-hydrogen) atoms. The average molecular weight is 500 g/mol. The Bertz CT molecular complexity index is 1260. The molecule has 186 valence electrons. The highest BCUT2D eigenvalue weighted by Gasteiger charge is 2.23. The fourth-order valence-corrected chi connectivity index (χ4v) is 5.27. The number of benzene rings is 2. The summed E-state index contributed by atoms with van der Waals surface area (Å²) in [5.74, 6) is -0.212. The fourth-order valence-electron chi connectivity index (χ4n) is 4.02. The summed E-state index contributed by atoms with van der Waals surface area (Å²) in [6.45, 7) is 4.94. The van der Waals surface area contributed by atoms with Crippen molar-refractivity contribution < 1.29 is 27.2 Å². The normalized spacial score (nSPS) is 14.5. The predicted octanol–water partition coefficient (Wildman–Crippen LogP) is 4.31. The van der Waals surface area contributed by atoms with Crippen LogP contribution in [0.3, 0.4) is 0 Å². The number of nitrogens with one attached hydrogen (secondary N) is 1. The molecule has 1 saturated heterocycles. The standard InChI is InChI=1S/C25H29N3O6S/c1-3-33-25(29)21-16-23(34-26-21)19-9-12-22(32-2)24(15-19)35(30,31)27-20-10-7-18(8-11-20)17-28-13-5-4-6-14-28/h7-12,15-16,27H,3-6,13-14,17H2,1-2H3. The van der Waals surface area contributed by atoms with Crippen LogP contribution >= 0.6 is 0 Å². The molecule has 2 heterocycles. The molecule has 0 atom stereocenters. The van der Waals surface area contributed by atoms with E-state index in [1.165, 1.54) is 44.6 Å². The molecule has 0 unspecified atom stereocenters. The van der Waals surface area contributed by atoms with Gasteiger partial charge in [-0.15, -0.1) is 0 Å². The maximum atomic E-state index is 13.2. The fraction of sp³-hybridized carbons (Fsp3) is 0.360. The second kappa shape index (κ2) is 10.9. The summed E-state index contributed by atoms with van der Waals surface area (Å²) in [6.07, 6.45) is 3.72. The van der Waals surface area contributed by atoms with Crippen LogP contribution in [0.5, 0.6) is 5.75 Å². The minimum Gasteiger partial charge on any atom is -0.495 e. The van der Waals surface area contributed by atoms with E-state index in [0.717, 1.165) is 25.2 Å². The van der Waals surface area contributed by atoms with Gasteiger partial charge in [0.05, 0.1) is 13.7 Å². The van der Waals surface area contributed by atoms with Crippen molar-refractivity contribution in [3.63, 3.8) is 0 Å². The Balaban J connectivity index is 1.53. The number of ether oxygens (including phenoxy) is 2. The molecular formula is C25H29N3O6S. The number of methoxy groups -OCH3 is 1. The first-order valence-electron chi connectivity index (χ1n) is 11.6. The molecule has 0 aliphatic carbocycles. The van der Waals surface area contributed by atoms with Crippen molar-refractivity contribution in [3.8, 4) is 17.1 Å². The molecule has 2 aromatic carbocycles. The van der Waals surface area contributed by atoms with E-state index >= 15 is 0 Å². The Hall–Kier alpha value is -3.37. The molecule has 0 bridgehead atoms. The Kier molecular flexibility index (Phi) is 7.72. The van der Waals surface area contributed by atoms with Crippen LogP contribution in [-0.2, 0) is 21.3 Å². The molecule has 1 aromatic heterocycles. The number of rotatable bonds is 9. The van der Waals surface area contributed by atoms with Crippen LogP contribution in [0.4, 0.5) is 5.69 Å². The van der Waals surface area contributed by atoms with Crippen LogP contribution in [0.2, 0.25) is 0 Å². The number of carbonyl (C=O) groups excluding carboxylic acids is 1. The summed E-state index contributed by atoms with van der Waals surface area (Å²) in [7, 11) is -2.58. The summed E-state index contributed by atoms with van der Waals surface area (Å²) in [4.78, 5) is 14.2. The zero-order valence-electron chi connectivity index (χ0n) is 19.8. The van der Waals surface area contributed by atoms with Crippen molar-refractivity contribution in [2.75, 3.05) is 31.5 Å². The number of esters is 1. The number of likely N-dealkylation sites (tertiary alicyclic amines) is 1. The third kappa shape index (κ3) is 6.01. The number of nitrogens with zero attached hydrogens (tertiary/aromatic N) is 2. The topological polar surface area (TPSA) is 111 Å². The van der Waals surface area contributed by atoms with Crippen LogP contribution in [0.15, 0.2) is 57.9 Å². The predicted molar refractivity (Wildman–Crippen MR) is 131 cm³/mol. The van der Waals surface area contributed by atoms with E-state index in [2.05, 4.69) is 14.8 Å². The van der Waals surface area contributed by atoms with Crippen LogP contribution in [0, 0.1) is 0 Å². The summed E-state index contributed by atoms with van der Waals surface area (Å²) >= 11 is 0. The third-order valence-electron chi connectivity index (χ3n) is 5.79. The van der Waals surface area contributed by atoms with E-state index in [4.69, 9.17) is 14.0 Å². The lowest BCUT2D eigenvalue weighted by atomic mass is 10.1. The number of aromatic nitrogens is 1. The van der Waals surface area contributed by atoms with Gasteiger partial charge in [0.15, 0.2) is 11.5 Å². The number of piperidine rings is 1. The van der Waals surface area contributed by atoms with E-state index in [-0.39, 0.29) is 28.7 Å².